The van der Waals surface area contributed by atoms with Crippen molar-refractivity contribution >= 4 is 27.0 Å². The fourth-order valence-corrected chi connectivity index (χ4v) is 5.72. The summed E-state index contributed by atoms with van der Waals surface area (Å²) in [7, 11) is -3.44. The molecule has 0 bridgehead atoms. The third-order valence-electron chi connectivity index (χ3n) is 5.57. The number of rotatable bonds is 4. The smallest absolute Gasteiger partial charge is 0.282 e. The largest absolute Gasteiger partial charge is 0.340 e. The molecule has 9 heteroatoms. The molecule has 0 atom stereocenters. The predicted molar refractivity (Wildman–Crippen MR) is 104 cm³/mol. The minimum absolute atomic E-state index is 0.0813. The average molecular weight is 408 g/mol. The Morgan fingerprint density at radius 1 is 0.929 bits per heavy atom. The van der Waals surface area contributed by atoms with E-state index in [9.17, 15) is 17.6 Å². The van der Waals surface area contributed by atoms with Crippen molar-refractivity contribution in [3.05, 3.63) is 36.3 Å². The van der Waals surface area contributed by atoms with Crippen LogP contribution in [0.1, 0.15) is 19.3 Å². The lowest BCUT2D eigenvalue weighted by atomic mass is 10.2. The highest BCUT2D eigenvalue weighted by molar-refractivity contribution is 7.86. The average Bonchev–Trinajstić information content (AvgIpc) is 3.27. The summed E-state index contributed by atoms with van der Waals surface area (Å²) in [6, 6.07) is 6.38. The van der Waals surface area contributed by atoms with Gasteiger partial charge >= 0.3 is 0 Å². The molecule has 0 saturated carbocycles. The van der Waals surface area contributed by atoms with Crippen LogP contribution in [0, 0.1) is 5.82 Å². The summed E-state index contributed by atoms with van der Waals surface area (Å²) >= 11 is 0. The van der Waals surface area contributed by atoms with Crippen LogP contribution in [0.3, 0.4) is 0 Å². The van der Waals surface area contributed by atoms with Gasteiger partial charge in [0.2, 0.25) is 5.91 Å². The Morgan fingerprint density at radius 2 is 1.64 bits per heavy atom. The lowest BCUT2D eigenvalue weighted by molar-refractivity contribution is -0.131. The first-order chi connectivity index (χ1) is 13.4. The van der Waals surface area contributed by atoms with Crippen molar-refractivity contribution in [2.75, 3.05) is 39.3 Å². The van der Waals surface area contributed by atoms with E-state index >= 15 is 0 Å². The van der Waals surface area contributed by atoms with Crippen molar-refractivity contribution < 1.29 is 17.6 Å². The molecular weight excluding hydrogens is 383 g/mol. The molecule has 2 aliphatic heterocycles. The third-order valence-corrected chi connectivity index (χ3v) is 7.60. The third kappa shape index (κ3) is 3.78. The van der Waals surface area contributed by atoms with Gasteiger partial charge in [-0.1, -0.05) is 0 Å². The summed E-state index contributed by atoms with van der Waals surface area (Å²) in [5, 5.41) is 0.882. The second-order valence-corrected chi connectivity index (χ2v) is 9.32. The lowest BCUT2D eigenvalue weighted by Gasteiger charge is -2.26. The first-order valence-corrected chi connectivity index (χ1v) is 11.1. The molecule has 0 unspecified atom stereocenters. The number of carbonyl (C=O) groups is 1. The molecule has 28 heavy (non-hydrogen) atoms. The van der Waals surface area contributed by atoms with Crippen LogP contribution < -0.4 is 0 Å². The number of aromatic nitrogens is 1. The predicted octanol–water partition coefficient (Wildman–Crippen LogP) is 1.66. The molecule has 7 nitrogen and oxygen atoms in total. The van der Waals surface area contributed by atoms with Gasteiger partial charge in [0.15, 0.2) is 0 Å². The molecule has 1 aromatic heterocycles. The maximum Gasteiger partial charge on any atom is 0.282 e. The fourth-order valence-electron chi connectivity index (χ4n) is 4.00. The molecule has 0 N–H and O–H groups in total. The Morgan fingerprint density at radius 3 is 2.43 bits per heavy atom. The summed E-state index contributed by atoms with van der Waals surface area (Å²) in [6.07, 6.45) is 4.20. The van der Waals surface area contributed by atoms with Gasteiger partial charge in [-0.15, -0.1) is 0 Å². The van der Waals surface area contributed by atoms with Crippen LogP contribution in [0.25, 0.3) is 10.9 Å². The molecule has 0 aliphatic carbocycles. The monoisotopic (exact) mass is 408 g/mol. The highest BCUT2D eigenvalue weighted by atomic mass is 32.2. The SMILES string of the molecule is O=C(Cn1ccc2ccc(F)cc21)N1CCCN(S(=O)(=O)N2CCCC2)CC1. The van der Waals surface area contributed by atoms with Crippen molar-refractivity contribution in [1.29, 1.82) is 0 Å². The highest BCUT2D eigenvalue weighted by Gasteiger charge is 2.33. The summed E-state index contributed by atoms with van der Waals surface area (Å²) in [6.45, 7) is 2.92. The zero-order chi connectivity index (χ0) is 19.7. The molecule has 0 spiro atoms. The number of fused-ring (bicyclic) bond motifs is 1. The lowest BCUT2D eigenvalue weighted by Crippen LogP contribution is -2.44. The van der Waals surface area contributed by atoms with E-state index in [1.807, 2.05) is 6.07 Å². The van der Waals surface area contributed by atoms with Gasteiger partial charge in [0.1, 0.15) is 12.4 Å². The van der Waals surface area contributed by atoms with E-state index in [1.54, 1.807) is 26.0 Å². The summed E-state index contributed by atoms with van der Waals surface area (Å²) in [5.74, 6) is -0.417. The number of halogens is 1. The highest BCUT2D eigenvalue weighted by Crippen LogP contribution is 2.20. The fraction of sp³-hybridized carbons (Fsp3) is 0.526. The van der Waals surface area contributed by atoms with E-state index < -0.39 is 10.2 Å². The molecule has 4 rings (SSSR count). The molecule has 152 valence electrons. The van der Waals surface area contributed by atoms with Gasteiger partial charge in [-0.3, -0.25) is 4.79 Å². The Kier molecular flexibility index (Phi) is 5.39. The van der Waals surface area contributed by atoms with Crippen molar-refractivity contribution in [1.82, 2.24) is 18.1 Å². The molecule has 2 saturated heterocycles. The van der Waals surface area contributed by atoms with Crippen molar-refractivity contribution in [3.63, 3.8) is 0 Å². The normalized spacial score (nSPS) is 20.0. The molecule has 2 fully saturated rings. The van der Waals surface area contributed by atoms with Gasteiger partial charge in [-0.05, 0) is 48.9 Å². The number of hydrogen-bond acceptors (Lipinski definition) is 3. The Balaban J connectivity index is 1.42. The van der Waals surface area contributed by atoms with Gasteiger partial charge in [0.25, 0.3) is 10.2 Å². The topological polar surface area (TPSA) is 65.9 Å². The number of amides is 1. The standard InChI is InChI=1S/C19H25FN4O3S/c20-17-5-4-16-6-11-22(18(16)14-17)15-19(25)21-7-3-10-24(13-12-21)28(26,27)23-8-1-2-9-23/h4-6,11,14H,1-3,7-10,12-13,15H2. The van der Waals surface area contributed by atoms with Crippen molar-refractivity contribution in [2.45, 2.75) is 25.8 Å². The minimum atomic E-state index is -3.44. The Labute approximate surface area is 164 Å². The zero-order valence-corrected chi connectivity index (χ0v) is 16.6. The van der Waals surface area contributed by atoms with Gasteiger partial charge in [0, 0.05) is 45.5 Å². The quantitative estimate of drug-likeness (QED) is 0.773. The maximum atomic E-state index is 13.5. The van der Waals surface area contributed by atoms with Crippen LogP contribution >= 0.6 is 0 Å². The molecule has 1 amide bonds. The summed E-state index contributed by atoms with van der Waals surface area (Å²) in [5.41, 5.74) is 0.682. The molecular formula is C19H25FN4O3S. The molecule has 3 heterocycles. The second kappa shape index (κ2) is 7.81. The molecule has 0 radical (unpaired) electrons. The van der Waals surface area contributed by atoms with E-state index in [-0.39, 0.29) is 18.3 Å². The first kappa shape index (κ1) is 19.4. The molecule has 2 aliphatic rings. The van der Waals surface area contributed by atoms with E-state index in [4.69, 9.17) is 0 Å². The number of nitrogens with zero attached hydrogens (tertiary/aromatic N) is 4. The van der Waals surface area contributed by atoms with Crippen LogP contribution in [-0.2, 0) is 21.5 Å². The number of benzene rings is 1. The Bertz CT molecular complexity index is 969. The van der Waals surface area contributed by atoms with E-state index in [1.165, 1.54) is 16.4 Å². The van der Waals surface area contributed by atoms with Crippen molar-refractivity contribution in [2.24, 2.45) is 0 Å². The van der Waals surface area contributed by atoms with Gasteiger partial charge in [-0.25, -0.2) is 4.39 Å². The Hall–Kier alpha value is -1.97. The van der Waals surface area contributed by atoms with Crippen molar-refractivity contribution in [3.8, 4) is 0 Å². The van der Waals surface area contributed by atoms with Gasteiger partial charge in [0.05, 0.1) is 5.52 Å². The van der Waals surface area contributed by atoms with E-state index in [0.717, 1.165) is 18.2 Å². The first-order valence-electron chi connectivity index (χ1n) is 9.72. The number of carbonyl (C=O) groups excluding carboxylic acids is 1. The molecule has 2 aromatic rings. The molecule has 1 aromatic carbocycles. The minimum Gasteiger partial charge on any atom is -0.340 e. The van der Waals surface area contributed by atoms with Crippen LogP contribution in [-0.4, -0.2) is 71.7 Å². The van der Waals surface area contributed by atoms with Crippen LogP contribution in [0.2, 0.25) is 0 Å². The van der Waals surface area contributed by atoms with Crippen LogP contribution in [0.5, 0.6) is 0 Å². The summed E-state index contributed by atoms with van der Waals surface area (Å²) in [4.78, 5) is 14.5. The van der Waals surface area contributed by atoms with E-state index in [0.29, 0.717) is 51.2 Å². The van der Waals surface area contributed by atoms with Gasteiger partial charge < -0.3 is 9.47 Å². The zero-order valence-electron chi connectivity index (χ0n) is 15.8. The van der Waals surface area contributed by atoms with Crippen LogP contribution in [0.15, 0.2) is 30.5 Å². The van der Waals surface area contributed by atoms with Gasteiger partial charge in [-0.2, -0.15) is 17.0 Å². The van der Waals surface area contributed by atoms with Crippen LogP contribution in [0.4, 0.5) is 4.39 Å². The second-order valence-electron chi connectivity index (χ2n) is 7.39. The summed E-state index contributed by atoms with van der Waals surface area (Å²) < 4.78 is 43.9. The number of hydrogen-bond donors (Lipinski definition) is 0. The van der Waals surface area contributed by atoms with E-state index in [2.05, 4.69) is 0 Å². The maximum absolute atomic E-state index is 13.5.